The first-order valence-corrected chi connectivity index (χ1v) is 4.20. The molecule has 0 aliphatic rings. The molecule has 0 aromatic carbocycles. The molecule has 0 aliphatic heterocycles. The molecule has 1 aromatic heterocycles. The highest BCUT2D eigenvalue weighted by atomic mass is 32.2. The number of aryl methyl sites for hydroxylation is 1. The second kappa shape index (κ2) is 3.93. The SMILES string of the molecule is SC(S)CC[n+]1cc[nH]c1. The predicted molar refractivity (Wildman–Crippen MR) is 47.4 cm³/mol. The van der Waals surface area contributed by atoms with E-state index in [2.05, 4.69) is 34.8 Å². The Morgan fingerprint density at radius 3 is 2.80 bits per heavy atom. The van der Waals surface area contributed by atoms with E-state index in [0.717, 1.165) is 13.0 Å². The summed E-state index contributed by atoms with van der Waals surface area (Å²) in [7, 11) is 0. The Kier molecular flexibility index (Phi) is 3.15. The molecule has 0 aliphatic carbocycles. The summed E-state index contributed by atoms with van der Waals surface area (Å²) in [4.78, 5) is 2.97. The molecular formula is C6H11N2S2+. The maximum Gasteiger partial charge on any atom is 0.241 e. The minimum atomic E-state index is 0.183. The van der Waals surface area contributed by atoms with Crippen LogP contribution in [-0.2, 0) is 6.54 Å². The van der Waals surface area contributed by atoms with Crippen molar-refractivity contribution in [1.82, 2.24) is 4.98 Å². The number of hydrogen-bond acceptors (Lipinski definition) is 2. The van der Waals surface area contributed by atoms with Crippen molar-refractivity contribution in [3.05, 3.63) is 18.7 Å². The van der Waals surface area contributed by atoms with Gasteiger partial charge in [-0.3, -0.25) is 4.98 Å². The molecule has 0 bridgehead atoms. The summed E-state index contributed by atoms with van der Waals surface area (Å²) < 4.78 is 2.25. The Morgan fingerprint density at radius 2 is 2.30 bits per heavy atom. The number of aromatic nitrogens is 2. The van der Waals surface area contributed by atoms with E-state index in [9.17, 15) is 0 Å². The van der Waals surface area contributed by atoms with E-state index in [1.54, 1.807) is 0 Å². The number of imidazole rings is 1. The second-order valence-electron chi connectivity index (χ2n) is 2.12. The van der Waals surface area contributed by atoms with Crippen molar-refractivity contribution in [1.29, 1.82) is 0 Å². The largest absolute Gasteiger partial charge is 0.250 e. The molecule has 0 saturated carbocycles. The molecule has 1 heterocycles. The van der Waals surface area contributed by atoms with E-state index < -0.39 is 0 Å². The van der Waals surface area contributed by atoms with Crippen LogP contribution in [0.15, 0.2) is 18.7 Å². The van der Waals surface area contributed by atoms with E-state index in [-0.39, 0.29) is 4.58 Å². The molecule has 10 heavy (non-hydrogen) atoms. The average Bonchev–Trinajstić information content (AvgIpc) is 2.34. The zero-order valence-electron chi connectivity index (χ0n) is 5.57. The van der Waals surface area contributed by atoms with Crippen molar-refractivity contribution in [2.45, 2.75) is 17.5 Å². The van der Waals surface area contributed by atoms with E-state index in [4.69, 9.17) is 0 Å². The van der Waals surface area contributed by atoms with Gasteiger partial charge < -0.3 is 0 Å². The van der Waals surface area contributed by atoms with Crippen molar-refractivity contribution in [3.63, 3.8) is 0 Å². The number of hydrogen-bond donors (Lipinski definition) is 3. The lowest BCUT2D eigenvalue weighted by Crippen LogP contribution is -2.31. The molecule has 0 amide bonds. The summed E-state index contributed by atoms with van der Waals surface area (Å²) in [5.41, 5.74) is 0. The number of thiol groups is 2. The maximum atomic E-state index is 4.15. The maximum absolute atomic E-state index is 4.15. The van der Waals surface area contributed by atoms with Crippen LogP contribution in [-0.4, -0.2) is 9.57 Å². The molecule has 1 aromatic rings. The molecule has 1 N–H and O–H groups in total. The summed E-state index contributed by atoms with van der Waals surface area (Å²) in [5.74, 6) is 0. The minimum absolute atomic E-state index is 0.183. The van der Waals surface area contributed by atoms with Crippen LogP contribution in [0.25, 0.3) is 0 Å². The van der Waals surface area contributed by atoms with Gasteiger partial charge in [-0.2, -0.15) is 25.3 Å². The van der Waals surface area contributed by atoms with Gasteiger partial charge in [-0.25, -0.2) is 4.57 Å². The van der Waals surface area contributed by atoms with Gasteiger partial charge in [0.15, 0.2) is 0 Å². The molecule has 0 atom stereocenters. The lowest BCUT2D eigenvalue weighted by Gasteiger charge is -1.98. The highest BCUT2D eigenvalue weighted by molar-refractivity contribution is 7.99. The molecule has 4 heteroatoms. The van der Waals surface area contributed by atoms with Crippen LogP contribution >= 0.6 is 25.3 Å². The fourth-order valence-corrected chi connectivity index (χ4v) is 0.955. The van der Waals surface area contributed by atoms with Crippen LogP contribution in [0.1, 0.15) is 6.42 Å². The average molecular weight is 175 g/mol. The summed E-state index contributed by atoms with van der Waals surface area (Å²) in [6.07, 6.45) is 6.79. The smallest absolute Gasteiger partial charge is 0.241 e. The number of nitrogens with one attached hydrogen (secondary N) is 1. The Morgan fingerprint density at radius 1 is 1.50 bits per heavy atom. The van der Waals surface area contributed by atoms with Crippen molar-refractivity contribution >= 4 is 25.3 Å². The topological polar surface area (TPSA) is 19.7 Å². The first kappa shape index (κ1) is 8.01. The van der Waals surface area contributed by atoms with Gasteiger partial charge in [0.1, 0.15) is 12.4 Å². The second-order valence-corrected chi connectivity index (χ2v) is 3.77. The highest BCUT2D eigenvalue weighted by Gasteiger charge is 1.99. The van der Waals surface area contributed by atoms with E-state index >= 15 is 0 Å². The third-order valence-corrected chi connectivity index (χ3v) is 1.76. The van der Waals surface area contributed by atoms with Crippen molar-refractivity contribution in [3.8, 4) is 0 Å². The minimum Gasteiger partial charge on any atom is -0.250 e. The summed E-state index contributed by atoms with van der Waals surface area (Å²) in [5, 5.41) is 0. The number of rotatable bonds is 3. The van der Waals surface area contributed by atoms with Gasteiger partial charge in [0.2, 0.25) is 6.33 Å². The third-order valence-electron chi connectivity index (χ3n) is 1.25. The first-order chi connectivity index (χ1) is 4.79. The van der Waals surface area contributed by atoms with Crippen molar-refractivity contribution < 1.29 is 4.57 Å². The van der Waals surface area contributed by atoms with Gasteiger partial charge in [-0.05, 0) is 0 Å². The van der Waals surface area contributed by atoms with Crippen molar-refractivity contribution in [2.24, 2.45) is 0 Å². The molecule has 0 fully saturated rings. The molecule has 0 saturated heterocycles. The van der Waals surface area contributed by atoms with Gasteiger partial charge in [0, 0.05) is 11.0 Å². The van der Waals surface area contributed by atoms with Gasteiger partial charge in [0.05, 0.1) is 6.54 Å². The van der Waals surface area contributed by atoms with E-state index in [0.29, 0.717) is 0 Å². The van der Waals surface area contributed by atoms with Crippen LogP contribution in [0.3, 0.4) is 0 Å². The Labute approximate surface area is 71.5 Å². The fourth-order valence-electron chi connectivity index (χ4n) is 0.724. The zero-order chi connectivity index (χ0) is 7.40. The van der Waals surface area contributed by atoms with Crippen LogP contribution in [0, 0.1) is 0 Å². The first-order valence-electron chi connectivity index (χ1n) is 3.17. The van der Waals surface area contributed by atoms with Crippen molar-refractivity contribution in [2.75, 3.05) is 0 Å². The third kappa shape index (κ3) is 2.66. The summed E-state index contributed by atoms with van der Waals surface area (Å²) in [6.45, 7) is 0.973. The quantitative estimate of drug-likeness (QED) is 0.344. The standard InChI is InChI=1S/C6H10N2S2/c9-6(10)1-3-8-4-2-7-5-8/h2,4-6,9-10H,1,3H2/p+1. The van der Waals surface area contributed by atoms with Crippen LogP contribution in [0.2, 0.25) is 0 Å². The number of nitrogens with zero attached hydrogens (tertiary/aromatic N) is 1. The molecule has 56 valence electrons. The number of H-pyrrole nitrogens is 1. The molecule has 0 radical (unpaired) electrons. The van der Waals surface area contributed by atoms with Crippen LogP contribution in [0.5, 0.6) is 0 Å². The highest BCUT2D eigenvalue weighted by Crippen LogP contribution is 2.03. The zero-order valence-corrected chi connectivity index (χ0v) is 7.35. The lowest BCUT2D eigenvalue weighted by atomic mass is 10.5. The van der Waals surface area contributed by atoms with Gasteiger partial charge >= 0.3 is 0 Å². The fraction of sp³-hybridized carbons (Fsp3) is 0.500. The van der Waals surface area contributed by atoms with E-state index in [1.807, 2.05) is 18.7 Å². The lowest BCUT2D eigenvalue weighted by molar-refractivity contribution is -0.695. The molecular weight excluding hydrogens is 164 g/mol. The van der Waals surface area contributed by atoms with Gasteiger partial charge in [-0.1, -0.05) is 0 Å². The Hall–Kier alpha value is -0.0900. The monoisotopic (exact) mass is 175 g/mol. The normalized spacial score (nSPS) is 10.7. The molecule has 0 spiro atoms. The Bertz CT molecular complexity index is 172. The van der Waals surface area contributed by atoms with Gasteiger partial charge in [-0.15, -0.1) is 0 Å². The predicted octanol–water partition coefficient (Wildman–Crippen LogP) is 0.878. The summed E-state index contributed by atoms with van der Waals surface area (Å²) >= 11 is 8.30. The van der Waals surface area contributed by atoms with Crippen LogP contribution in [0.4, 0.5) is 0 Å². The summed E-state index contributed by atoms with van der Waals surface area (Å²) in [6, 6.07) is 0. The molecule has 0 unspecified atom stereocenters. The molecule has 2 nitrogen and oxygen atoms in total. The van der Waals surface area contributed by atoms with Crippen LogP contribution < -0.4 is 4.57 Å². The molecule has 1 rings (SSSR count). The van der Waals surface area contributed by atoms with Gasteiger partial charge in [0.25, 0.3) is 0 Å². The number of aromatic amines is 1. The Balaban J connectivity index is 2.28. The van der Waals surface area contributed by atoms with E-state index in [1.165, 1.54) is 0 Å².